The van der Waals surface area contributed by atoms with Crippen molar-refractivity contribution in [3.8, 4) is 0 Å². The van der Waals surface area contributed by atoms with Crippen LogP contribution in [0.5, 0.6) is 0 Å². The summed E-state index contributed by atoms with van der Waals surface area (Å²) in [7, 11) is 1.74. The van der Waals surface area contributed by atoms with Crippen LogP contribution in [0.3, 0.4) is 0 Å². The van der Waals surface area contributed by atoms with E-state index in [1.165, 1.54) is 0 Å². The fourth-order valence-electron chi connectivity index (χ4n) is 0.937. The predicted octanol–water partition coefficient (Wildman–Crippen LogP) is 2.70. The Balaban J connectivity index is 3.20. The lowest BCUT2D eigenvalue weighted by molar-refractivity contribution is 1.41. The lowest BCUT2D eigenvalue weighted by Crippen LogP contribution is -1.87. The molecule has 0 spiro atoms. The summed E-state index contributed by atoms with van der Waals surface area (Å²) in [6.45, 7) is 2.02. The molecule has 0 aliphatic rings. The van der Waals surface area contributed by atoms with Gasteiger partial charge in [0.1, 0.15) is 0 Å². The van der Waals surface area contributed by atoms with Crippen molar-refractivity contribution < 1.29 is 0 Å². The van der Waals surface area contributed by atoms with E-state index >= 15 is 0 Å². The van der Waals surface area contributed by atoms with Gasteiger partial charge in [0.15, 0.2) is 0 Å². The number of rotatable bonds is 1. The van der Waals surface area contributed by atoms with Crippen molar-refractivity contribution in [3.63, 3.8) is 0 Å². The molecule has 0 heterocycles. The van der Waals surface area contributed by atoms with Crippen molar-refractivity contribution in [1.29, 1.82) is 0 Å². The number of hydrogen-bond acceptors (Lipinski definition) is 1. The summed E-state index contributed by atoms with van der Waals surface area (Å²) in [4.78, 5) is 3.92. The molecular weight excluding hydrogens is 158 g/mol. The molecule has 0 unspecified atom stereocenters. The van der Waals surface area contributed by atoms with E-state index in [0.29, 0.717) is 0 Å². The van der Waals surface area contributed by atoms with E-state index in [4.69, 9.17) is 11.6 Å². The molecule has 0 bridgehead atoms. The standard InChI is InChI=1S/C9H10ClN/c1-7-4-3-5-9(10)8(7)6-11-2/h3-6H,1-2H3. The van der Waals surface area contributed by atoms with Crippen molar-refractivity contribution in [3.05, 3.63) is 34.3 Å². The summed E-state index contributed by atoms with van der Waals surface area (Å²) in [5.41, 5.74) is 2.17. The lowest BCUT2D eigenvalue weighted by Gasteiger charge is -2.00. The number of aryl methyl sites for hydroxylation is 1. The molecule has 0 aromatic heterocycles. The van der Waals surface area contributed by atoms with Gasteiger partial charge in [-0.3, -0.25) is 4.99 Å². The molecule has 2 heteroatoms. The summed E-state index contributed by atoms with van der Waals surface area (Å²) in [6, 6.07) is 5.82. The van der Waals surface area contributed by atoms with Gasteiger partial charge in [-0.05, 0) is 18.6 Å². The molecule has 0 fully saturated rings. The Morgan fingerprint density at radius 2 is 2.18 bits per heavy atom. The van der Waals surface area contributed by atoms with Gasteiger partial charge in [0.2, 0.25) is 0 Å². The van der Waals surface area contributed by atoms with Crippen LogP contribution in [0.15, 0.2) is 23.2 Å². The second kappa shape index (κ2) is 3.54. The van der Waals surface area contributed by atoms with Crippen LogP contribution in [0, 0.1) is 6.92 Å². The zero-order chi connectivity index (χ0) is 8.27. The molecule has 0 atom stereocenters. The lowest BCUT2D eigenvalue weighted by atomic mass is 10.1. The van der Waals surface area contributed by atoms with Gasteiger partial charge in [0.25, 0.3) is 0 Å². The molecule has 1 nitrogen and oxygen atoms in total. The van der Waals surface area contributed by atoms with Crippen molar-refractivity contribution >= 4 is 17.8 Å². The number of hydrogen-bond donors (Lipinski definition) is 0. The molecule has 1 rings (SSSR count). The average Bonchev–Trinajstić information content (AvgIpc) is 1.97. The molecule has 0 amide bonds. The van der Waals surface area contributed by atoms with Gasteiger partial charge < -0.3 is 0 Å². The van der Waals surface area contributed by atoms with Crippen LogP contribution in [-0.2, 0) is 0 Å². The van der Waals surface area contributed by atoms with E-state index in [9.17, 15) is 0 Å². The summed E-state index contributed by atoms with van der Waals surface area (Å²) in [5.74, 6) is 0. The summed E-state index contributed by atoms with van der Waals surface area (Å²) < 4.78 is 0. The Kier molecular flexibility index (Phi) is 2.66. The van der Waals surface area contributed by atoms with E-state index in [2.05, 4.69) is 4.99 Å². The molecule has 1 aromatic rings. The van der Waals surface area contributed by atoms with Crippen molar-refractivity contribution in [2.45, 2.75) is 6.92 Å². The molecule has 0 aliphatic carbocycles. The molecule has 0 saturated heterocycles. The largest absolute Gasteiger partial charge is 0.296 e. The van der Waals surface area contributed by atoms with E-state index in [1.54, 1.807) is 13.3 Å². The van der Waals surface area contributed by atoms with Crippen LogP contribution in [0.25, 0.3) is 0 Å². The first-order valence-electron chi connectivity index (χ1n) is 3.43. The topological polar surface area (TPSA) is 12.4 Å². The molecule has 58 valence electrons. The second-order valence-electron chi connectivity index (χ2n) is 2.36. The van der Waals surface area contributed by atoms with Gasteiger partial charge in [0.05, 0.1) is 0 Å². The highest BCUT2D eigenvalue weighted by molar-refractivity contribution is 6.33. The van der Waals surface area contributed by atoms with Crippen molar-refractivity contribution in [1.82, 2.24) is 0 Å². The maximum Gasteiger partial charge on any atom is 0.0496 e. The van der Waals surface area contributed by atoms with E-state index < -0.39 is 0 Å². The Labute approximate surface area is 71.7 Å². The maximum absolute atomic E-state index is 5.92. The minimum absolute atomic E-state index is 0.760. The van der Waals surface area contributed by atoms with Crippen LogP contribution < -0.4 is 0 Å². The normalized spacial score (nSPS) is 10.8. The van der Waals surface area contributed by atoms with Gasteiger partial charge in [-0.1, -0.05) is 23.7 Å². The minimum atomic E-state index is 0.760. The van der Waals surface area contributed by atoms with Crippen molar-refractivity contribution in [2.75, 3.05) is 7.05 Å². The Morgan fingerprint density at radius 3 is 2.73 bits per heavy atom. The van der Waals surface area contributed by atoms with Crippen LogP contribution in [0.2, 0.25) is 5.02 Å². The van der Waals surface area contributed by atoms with Crippen LogP contribution >= 0.6 is 11.6 Å². The van der Waals surface area contributed by atoms with Gasteiger partial charge in [-0.25, -0.2) is 0 Å². The van der Waals surface area contributed by atoms with Gasteiger partial charge in [-0.15, -0.1) is 0 Å². The molecule has 0 N–H and O–H groups in total. The first kappa shape index (κ1) is 8.28. The summed E-state index contributed by atoms with van der Waals surface area (Å²) in [5, 5.41) is 0.760. The summed E-state index contributed by atoms with van der Waals surface area (Å²) >= 11 is 5.92. The molecular formula is C9H10ClN. The first-order valence-corrected chi connectivity index (χ1v) is 3.81. The number of nitrogens with zero attached hydrogens (tertiary/aromatic N) is 1. The summed E-state index contributed by atoms with van der Waals surface area (Å²) in [6.07, 6.45) is 1.78. The molecule has 0 aliphatic heterocycles. The van der Waals surface area contributed by atoms with Gasteiger partial charge in [-0.2, -0.15) is 0 Å². The highest BCUT2D eigenvalue weighted by Gasteiger charge is 1.98. The highest BCUT2D eigenvalue weighted by atomic mass is 35.5. The zero-order valence-corrected chi connectivity index (χ0v) is 7.39. The monoisotopic (exact) mass is 167 g/mol. The Bertz CT molecular complexity index is 259. The van der Waals surface area contributed by atoms with E-state index in [-0.39, 0.29) is 0 Å². The third-order valence-corrected chi connectivity index (χ3v) is 1.86. The third-order valence-electron chi connectivity index (χ3n) is 1.53. The van der Waals surface area contributed by atoms with E-state index in [1.807, 2.05) is 25.1 Å². The zero-order valence-electron chi connectivity index (χ0n) is 6.63. The predicted molar refractivity (Wildman–Crippen MR) is 49.7 cm³/mol. The molecule has 1 aromatic carbocycles. The Hall–Kier alpha value is -0.820. The number of benzene rings is 1. The highest BCUT2D eigenvalue weighted by Crippen LogP contribution is 2.16. The maximum atomic E-state index is 5.92. The van der Waals surface area contributed by atoms with E-state index in [0.717, 1.165) is 16.1 Å². The smallest absolute Gasteiger partial charge is 0.0496 e. The van der Waals surface area contributed by atoms with Gasteiger partial charge in [0, 0.05) is 23.8 Å². The van der Waals surface area contributed by atoms with Gasteiger partial charge >= 0.3 is 0 Å². The molecule has 0 radical (unpaired) electrons. The first-order chi connectivity index (χ1) is 5.25. The average molecular weight is 168 g/mol. The minimum Gasteiger partial charge on any atom is -0.296 e. The van der Waals surface area contributed by atoms with Crippen LogP contribution in [-0.4, -0.2) is 13.3 Å². The third kappa shape index (κ3) is 1.81. The number of aliphatic imine (C=N–C) groups is 1. The fourth-order valence-corrected chi connectivity index (χ4v) is 1.21. The van der Waals surface area contributed by atoms with Crippen molar-refractivity contribution in [2.24, 2.45) is 4.99 Å². The molecule has 11 heavy (non-hydrogen) atoms. The Morgan fingerprint density at radius 1 is 1.45 bits per heavy atom. The quantitative estimate of drug-likeness (QED) is 0.571. The fraction of sp³-hybridized carbons (Fsp3) is 0.222. The SMILES string of the molecule is CN=Cc1c(C)cccc1Cl. The number of halogens is 1. The second-order valence-corrected chi connectivity index (χ2v) is 2.76. The van der Waals surface area contributed by atoms with Crippen LogP contribution in [0.4, 0.5) is 0 Å². The van der Waals surface area contributed by atoms with Crippen LogP contribution in [0.1, 0.15) is 11.1 Å². The molecule has 0 saturated carbocycles.